The maximum absolute atomic E-state index is 13.1. The summed E-state index contributed by atoms with van der Waals surface area (Å²) in [6, 6.07) is 1.63. The van der Waals surface area contributed by atoms with Gasteiger partial charge in [0.1, 0.15) is 5.82 Å². The summed E-state index contributed by atoms with van der Waals surface area (Å²) in [5.41, 5.74) is 1.06. The van der Waals surface area contributed by atoms with Crippen molar-refractivity contribution in [1.29, 1.82) is 0 Å². The molecular weight excluding hydrogens is 191 g/mol. The molecule has 2 atom stereocenters. The second kappa shape index (κ2) is 4.71. The van der Waals surface area contributed by atoms with Crippen molar-refractivity contribution in [3.63, 3.8) is 0 Å². The Bertz CT molecular complexity index is 327. The number of nitrogens with zero attached hydrogens (tertiary/aromatic N) is 1. The molecule has 1 heterocycles. The molecule has 15 heavy (non-hydrogen) atoms. The summed E-state index contributed by atoms with van der Waals surface area (Å²) in [6.45, 7) is 1.02. The molecule has 0 aliphatic heterocycles. The maximum atomic E-state index is 13.1. The van der Waals surface area contributed by atoms with E-state index in [0.29, 0.717) is 11.8 Å². The third-order valence-corrected chi connectivity index (χ3v) is 3.28. The molecule has 82 valence electrons. The molecule has 1 saturated carbocycles. The summed E-state index contributed by atoms with van der Waals surface area (Å²) >= 11 is 0. The number of pyridine rings is 1. The average molecular weight is 208 g/mol. The molecule has 1 aromatic heterocycles. The summed E-state index contributed by atoms with van der Waals surface area (Å²) in [6.07, 6.45) is 6.72. The fourth-order valence-corrected chi connectivity index (χ4v) is 2.61. The van der Waals surface area contributed by atoms with E-state index in [1.807, 2.05) is 13.2 Å². The van der Waals surface area contributed by atoms with Crippen LogP contribution < -0.4 is 5.32 Å². The van der Waals surface area contributed by atoms with Crippen molar-refractivity contribution in [3.8, 4) is 0 Å². The monoisotopic (exact) mass is 208 g/mol. The smallest absolute Gasteiger partial charge is 0.141 e. The van der Waals surface area contributed by atoms with E-state index in [9.17, 15) is 4.39 Å². The number of nitrogens with one attached hydrogen (secondary N) is 1. The summed E-state index contributed by atoms with van der Waals surface area (Å²) < 4.78 is 13.1. The van der Waals surface area contributed by atoms with Crippen LogP contribution in [0, 0.1) is 11.7 Å². The highest BCUT2D eigenvalue weighted by Crippen LogP contribution is 2.38. The van der Waals surface area contributed by atoms with Gasteiger partial charge in [-0.05, 0) is 49.9 Å². The molecule has 3 heteroatoms. The number of rotatable bonds is 3. The predicted molar refractivity (Wildman–Crippen MR) is 58.2 cm³/mol. The Morgan fingerprint density at radius 1 is 1.47 bits per heavy atom. The van der Waals surface area contributed by atoms with Crippen LogP contribution in [0.3, 0.4) is 0 Å². The topological polar surface area (TPSA) is 24.9 Å². The number of hydrogen-bond acceptors (Lipinski definition) is 2. The van der Waals surface area contributed by atoms with Gasteiger partial charge in [-0.2, -0.15) is 0 Å². The van der Waals surface area contributed by atoms with Crippen molar-refractivity contribution in [1.82, 2.24) is 10.3 Å². The molecule has 0 saturated heterocycles. The zero-order valence-corrected chi connectivity index (χ0v) is 9.04. The van der Waals surface area contributed by atoms with Gasteiger partial charge in [-0.1, -0.05) is 6.42 Å². The first-order valence-corrected chi connectivity index (χ1v) is 5.56. The highest BCUT2D eigenvalue weighted by molar-refractivity contribution is 5.18. The van der Waals surface area contributed by atoms with E-state index in [0.717, 1.165) is 18.5 Å². The van der Waals surface area contributed by atoms with E-state index in [-0.39, 0.29) is 5.82 Å². The minimum atomic E-state index is -0.220. The molecule has 2 unspecified atom stereocenters. The van der Waals surface area contributed by atoms with Crippen LogP contribution in [-0.2, 0) is 0 Å². The molecule has 2 nitrogen and oxygen atoms in total. The van der Waals surface area contributed by atoms with Crippen LogP contribution in [0.15, 0.2) is 18.5 Å². The van der Waals surface area contributed by atoms with Crippen LogP contribution >= 0.6 is 0 Å². The average Bonchev–Trinajstić information content (AvgIpc) is 2.66. The van der Waals surface area contributed by atoms with Crippen molar-refractivity contribution in [2.45, 2.75) is 25.2 Å². The molecule has 0 amide bonds. The third kappa shape index (κ3) is 2.34. The maximum Gasteiger partial charge on any atom is 0.141 e. The zero-order valence-electron chi connectivity index (χ0n) is 9.04. The van der Waals surface area contributed by atoms with Gasteiger partial charge in [-0.15, -0.1) is 0 Å². The Labute approximate surface area is 89.9 Å². The van der Waals surface area contributed by atoms with Gasteiger partial charge in [-0.3, -0.25) is 4.98 Å². The Kier molecular flexibility index (Phi) is 3.31. The Morgan fingerprint density at radius 2 is 2.33 bits per heavy atom. The second-order valence-corrected chi connectivity index (χ2v) is 4.29. The molecule has 1 fully saturated rings. The standard InChI is InChI=1S/C12H17FN2/c1-14-6-9-3-2-4-12(9)10-5-11(13)8-15-7-10/h5,7-9,12,14H,2-4,6H2,1H3. The van der Waals surface area contributed by atoms with Crippen molar-refractivity contribution in [2.24, 2.45) is 5.92 Å². The first kappa shape index (κ1) is 10.6. The zero-order chi connectivity index (χ0) is 10.7. The predicted octanol–water partition coefficient (Wildman–Crippen LogP) is 2.32. The Hall–Kier alpha value is -0.960. The van der Waals surface area contributed by atoms with E-state index >= 15 is 0 Å². The Balaban J connectivity index is 2.15. The van der Waals surface area contributed by atoms with Crippen molar-refractivity contribution in [3.05, 3.63) is 29.8 Å². The molecule has 0 bridgehead atoms. The summed E-state index contributed by atoms with van der Waals surface area (Å²) in [5, 5.41) is 3.21. The summed E-state index contributed by atoms with van der Waals surface area (Å²) in [4.78, 5) is 3.93. The van der Waals surface area contributed by atoms with E-state index in [1.165, 1.54) is 19.0 Å². The lowest BCUT2D eigenvalue weighted by atomic mass is 9.90. The lowest BCUT2D eigenvalue weighted by Crippen LogP contribution is -2.21. The number of hydrogen-bond donors (Lipinski definition) is 1. The minimum absolute atomic E-state index is 0.220. The highest BCUT2D eigenvalue weighted by Gasteiger charge is 2.28. The van der Waals surface area contributed by atoms with Gasteiger partial charge in [-0.25, -0.2) is 4.39 Å². The van der Waals surface area contributed by atoms with E-state index in [2.05, 4.69) is 10.3 Å². The highest BCUT2D eigenvalue weighted by atomic mass is 19.1. The lowest BCUT2D eigenvalue weighted by molar-refractivity contribution is 0.459. The fourth-order valence-electron chi connectivity index (χ4n) is 2.61. The van der Waals surface area contributed by atoms with Crippen LogP contribution in [-0.4, -0.2) is 18.6 Å². The number of aromatic nitrogens is 1. The third-order valence-electron chi connectivity index (χ3n) is 3.28. The molecule has 0 aromatic carbocycles. The largest absolute Gasteiger partial charge is 0.319 e. The summed E-state index contributed by atoms with van der Waals surface area (Å²) in [5.74, 6) is 0.904. The van der Waals surface area contributed by atoms with Crippen molar-refractivity contribution in [2.75, 3.05) is 13.6 Å². The van der Waals surface area contributed by atoms with Crippen LogP contribution in [0.2, 0.25) is 0 Å². The lowest BCUT2D eigenvalue weighted by Gasteiger charge is -2.19. The van der Waals surface area contributed by atoms with Gasteiger partial charge in [0.2, 0.25) is 0 Å². The fraction of sp³-hybridized carbons (Fsp3) is 0.583. The van der Waals surface area contributed by atoms with E-state index < -0.39 is 0 Å². The van der Waals surface area contributed by atoms with Gasteiger partial charge in [0.05, 0.1) is 6.20 Å². The molecule has 0 radical (unpaired) electrons. The molecule has 1 N–H and O–H groups in total. The van der Waals surface area contributed by atoms with Crippen molar-refractivity contribution < 1.29 is 4.39 Å². The van der Waals surface area contributed by atoms with Crippen LogP contribution in [0.1, 0.15) is 30.7 Å². The van der Waals surface area contributed by atoms with Gasteiger partial charge in [0, 0.05) is 6.20 Å². The molecular formula is C12H17FN2. The van der Waals surface area contributed by atoms with Gasteiger partial charge >= 0.3 is 0 Å². The minimum Gasteiger partial charge on any atom is -0.319 e. The normalized spacial score (nSPS) is 25.7. The first-order chi connectivity index (χ1) is 7.31. The number of halogens is 1. The van der Waals surface area contributed by atoms with Crippen molar-refractivity contribution >= 4 is 0 Å². The van der Waals surface area contributed by atoms with Gasteiger partial charge in [0.25, 0.3) is 0 Å². The van der Waals surface area contributed by atoms with Gasteiger partial charge in [0.15, 0.2) is 0 Å². The molecule has 1 aliphatic rings. The first-order valence-electron chi connectivity index (χ1n) is 5.56. The molecule has 1 aliphatic carbocycles. The van der Waals surface area contributed by atoms with E-state index in [4.69, 9.17) is 0 Å². The molecule has 1 aromatic rings. The van der Waals surface area contributed by atoms with Gasteiger partial charge < -0.3 is 5.32 Å². The molecule has 0 spiro atoms. The molecule has 2 rings (SSSR count). The quantitative estimate of drug-likeness (QED) is 0.824. The van der Waals surface area contributed by atoms with Crippen LogP contribution in [0.4, 0.5) is 4.39 Å². The second-order valence-electron chi connectivity index (χ2n) is 4.29. The summed E-state index contributed by atoms with van der Waals surface area (Å²) in [7, 11) is 1.97. The van der Waals surface area contributed by atoms with E-state index in [1.54, 1.807) is 6.07 Å². The van der Waals surface area contributed by atoms with Crippen LogP contribution in [0.25, 0.3) is 0 Å². The van der Waals surface area contributed by atoms with Crippen LogP contribution in [0.5, 0.6) is 0 Å². The SMILES string of the molecule is CNCC1CCCC1c1cncc(F)c1. The Morgan fingerprint density at radius 3 is 3.07 bits per heavy atom.